The van der Waals surface area contributed by atoms with Crippen LogP contribution in [0.15, 0.2) is 48.7 Å². The first-order valence-electron chi connectivity index (χ1n) is 5.40. The average Bonchev–Trinajstić information content (AvgIpc) is 2.86. The highest BCUT2D eigenvalue weighted by atomic mass is 16.1. The molecule has 0 aliphatic rings. The Labute approximate surface area is 99.9 Å². The largest absolute Gasteiger partial charge is 0.329 e. The van der Waals surface area contributed by atoms with Gasteiger partial charge in [0.2, 0.25) is 0 Å². The quantitative estimate of drug-likeness (QED) is 0.752. The third-order valence-corrected chi connectivity index (χ3v) is 2.75. The van der Waals surface area contributed by atoms with Gasteiger partial charge < -0.3 is 4.57 Å². The van der Waals surface area contributed by atoms with Gasteiger partial charge in [0, 0.05) is 11.8 Å². The summed E-state index contributed by atoms with van der Waals surface area (Å²) in [5.41, 5.74) is 1.17. The fourth-order valence-corrected chi connectivity index (χ4v) is 1.80. The van der Waals surface area contributed by atoms with Gasteiger partial charge in [0.25, 0.3) is 0 Å². The second kappa shape index (κ2) is 4.67. The summed E-state index contributed by atoms with van der Waals surface area (Å²) in [4.78, 5) is 12.2. The molecule has 0 amide bonds. The van der Waals surface area contributed by atoms with Crippen molar-refractivity contribution >= 4 is 5.78 Å². The molecule has 0 fully saturated rings. The first kappa shape index (κ1) is 11.2. The van der Waals surface area contributed by atoms with Crippen LogP contribution in [-0.4, -0.2) is 10.4 Å². The van der Waals surface area contributed by atoms with Crippen molar-refractivity contribution in [2.24, 2.45) is 0 Å². The number of nitrogens with zero attached hydrogens (tertiary/aromatic N) is 2. The van der Waals surface area contributed by atoms with E-state index in [1.54, 1.807) is 42.0 Å². The predicted octanol–water partition coefficient (Wildman–Crippen LogP) is 2.80. The maximum absolute atomic E-state index is 12.2. The molecule has 1 aromatic carbocycles. The van der Waals surface area contributed by atoms with Crippen LogP contribution in [0.4, 0.5) is 0 Å². The van der Waals surface area contributed by atoms with Crippen molar-refractivity contribution in [1.29, 1.82) is 5.26 Å². The van der Waals surface area contributed by atoms with Crippen LogP contribution in [0.5, 0.6) is 0 Å². The Morgan fingerprint density at radius 3 is 2.59 bits per heavy atom. The zero-order chi connectivity index (χ0) is 12.3. The number of nitriles is 1. The maximum atomic E-state index is 12.2. The summed E-state index contributed by atoms with van der Waals surface area (Å²) in [5, 5.41) is 8.93. The molecule has 0 N–H and O–H groups in total. The molecule has 1 atom stereocenters. The highest BCUT2D eigenvalue weighted by molar-refractivity contribution is 5.98. The molecule has 1 aromatic heterocycles. The Morgan fingerprint density at radius 2 is 1.94 bits per heavy atom. The molecule has 1 heterocycles. The van der Waals surface area contributed by atoms with Crippen molar-refractivity contribution < 1.29 is 4.79 Å². The zero-order valence-corrected chi connectivity index (χ0v) is 9.50. The first-order chi connectivity index (χ1) is 8.24. The molecule has 2 aromatic rings. The van der Waals surface area contributed by atoms with Crippen molar-refractivity contribution in [3.05, 3.63) is 59.9 Å². The number of benzene rings is 1. The van der Waals surface area contributed by atoms with Crippen molar-refractivity contribution in [1.82, 2.24) is 4.57 Å². The van der Waals surface area contributed by atoms with Gasteiger partial charge in [-0.05, 0) is 19.1 Å². The van der Waals surface area contributed by atoms with Crippen molar-refractivity contribution in [2.45, 2.75) is 13.0 Å². The van der Waals surface area contributed by atoms with Crippen LogP contribution in [0.3, 0.4) is 0 Å². The lowest BCUT2D eigenvalue weighted by atomic mass is 10.1. The number of carbonyl (C=O) groups excluding carboxylic acids is 1. The smallest absolute Gasteiger partial charge is 0.185 e. The Morgan fingerprint density at radius 1 is 1.24 bits per heavy atom. The van der Waals surface area contributed by atoms with E-state index in [4.69, 9.17) is 5.26 Å². The van der Waals surface area contributed by atoms with Gasteiger partial charge in [-0.2, -0.15) is 5.26 Å². The molecule has 3 nitrogen and oxygen atoms in total. The van der Waals surface area contributed by atoms with Crippen LogP contribution in [0.2, 0.25) is 0 Å². The fourth-order valence-electron chi connectivity index (χ4n) is 1.80. The number of carbonyl (C=O) groups is 1. The van der Waals surface area contributed by atoms with Gasteiger partial charge in [-0.1, -0.05) is 30.3 Å². The fraction of sp³-hybridized carbons (Fsp3) is 0.143. The lowest BCUT2D eigenvalue weighted by Gasteiger charge is -2.13. The molecule has 0 saturated carbocycles. The lowest BCUT2D eigenvalue weighted by molar-refractivity contribution is 0.0934. The topological polar surface area (TPSA) is 45.8 Å². The Hall–Kier alpha value is -2.34. The third-order valence-electron chi connectivity index (χ3n) is 2.75. The molecule has 0 bridgehead atoms. The van der Waals surface area contributed by atoms with Crippen LogP contribution in [0.25, 0.3) is 0 Å². The normalized spacial score (nSPS) is 11.8. The monoisotopic (exact) mass is 224 g/mol. The first-order valence-corrected chi connectivity index (χ1v) is 5.40. The van der Waals surface area contributed by atoms with E-state index in [1.807, 2.05) is 18.2 Å². The highest BCUT2D eigenvalue weighted by Crippen LogP contribution is 2.16. The van der Waals surface area contributed by atoms with Gasteiger partial charge >= 0.3 is 0 Å². The Kier molecular flexibility index (Phi) is 3.06. The number of rotatable bonds is 3. The van der Waals surface area contributed by atoms with Crippen LogP contribution in [0.1, 0.15) is 29.0 Å². The number of hydrogen-bond acceptors (Lipinski definition) is 2. The predicted molar refractivity (Wildman–Crippen MR) is 64.6 cm³/mol. The number of ketones is 1. The maximum Gasteiger partial charge on any atom is 0.185 e. The van der Waals surface area contributed by atoms with E-state index in [0.717, 1.165) is 0 Å². The van der Waals surface area contributed by atoms with Crippen LogP contribution in [0, 0.1) is 11.3 Å². The number of Topliss-reactive ketones (excluding diaryl/α,β-unsaturated/α-hetero) is 1. The van der Waals surface area contributed by atoms with E-state index in [9.17, 15) is 4.79 Å². The molecule has 0 aliphatic heterocycles. The van der Waals surface area contributed by atoms with Gasteiger partial charge in [0.15, 0.2) is 5.78 Å². The number of hydrogen-bond donors (Lipinski definition) is 0. The second-order valence-corrected chi connectivity index (χ2v) is 3.82. The number of aromatic nitrogens is 1. The molecule has 1 unspecified atom stereocenters. The minimum Gasteiger partial charge on any atom is -0.329 e. The Balaban J connectivity index is 2.31. The minimum atomic E-state index is -0.359. The van der Waals surface area contributed by atoms with E-state index < -0.39 is 0 Å². The van der Waals surface area contributed by atoms with E-state index in [1.165, 1.54) is 0 Å². The van der Waals surface area contributed by atoms with E-state index >= 15 is 0 Å². The molecule has 0 spiro atoms. The molecule has 0 aliphatic carbocycles. The Bertz CT molecular complexity index is 563. The van der Waals surface area contributed by atoms with Gasteiger partial charge in [-0.15, -0.1) is 0 Å². The molecule has 2 rings (SSSR count). The SMILES string of the molecule is CC(C(=O)c1ccccc1)n1cccc1C#N. The van der Waals surface area contributed by atoms with Crippen LogP contribution >= 0.6 is 0 Å². The third kappa shape index (κ3) is 2.11. The average molecular weight is 224 g/mol. The van der Waals surface area contributed by atoms with Crippen LogP contribution in [-0.2, 0) is 0 Å². The molecule has 0 saturated heterocycles. The molecule has 3 heteroatoms. The van der Waals surface area contributed by atoms with Gasteiger partial charge in [0.05, 0.1) is 6.04 Å². The zero-order valence-electron chi connectivity index (χ0n) is 9.50. The van der Waals surface area contributed by atoms with Gasteiger partial charge in [-0.25, -0.2) is 0 Å². The van der Waals surface area contributed by atoms with Crippen molar-refractivity contribution in [2.75, 3.05) is 0 Å². The van der Waals surface area contributed by atoms with E-state index in [-0.39, 0.29) is 11.8 Å². The van der Waals surface area contributed by atoms with Gasteiger partial charge in [-0.3, -0.25) is 4.79 Å². The summed E-state index contributed by atoms with van der Waals surface area (Å²) in [5.74, 6) is 0.0123. The highest BCUT2D eigenvalue weighted by Gasteiger charge is 2.17. The summed E-state index contributed by atoms with van der Waals surface area (Å²) in [6.45, 7) is 1.80. The van der Waals surface area contributed by atoms with Crippen molar-refractivity contribution in [3.8, 4) is 6.07 Å². The minimum absolute atomic E-state index is 0.0123. The second-order valence-electron chi connectivity index (χ2n) is 3.82. The summed E-state index contributed by atoms with van der Waals surface area (Å²) >= 11 is 0. The summed E-state index contributed by atoms with van der Waals surface area (Å²) in [6.07, 6.45) is 1.75. The van der Waals surface area contributed by atoms with Crippen molar-refractivity contribution in [3.63, 3.8) is 0 Å². The summed E-state index contributed by atoms with van der Waals surface area (Å²) < 4.78 is 1.69. The lowest BCUT2D eigenvalue weighted by Crippen LogP contribution is -2.17. The summed E-state index contributed by atoms with van der Waals surface area (Å²) in [7, 11) is 0. The standard InChI is InChI=1S/C14H12N2O/c1-11(16-9-5-8-13(16)10-15)14(17)12-6-3-2-4-7-12/h2-9,11H,1H3. The van der Waals surface area contributed by atoms with Gasteiger partial charge in [0.1, 0.15) is 11.8 Å². The van der Waals surface area contributed by atoms with E-state index in [2.05, 4.69) is 6.07 Å². The van der Waals surface area contributed by atoms with E-state index in [0.29, 0.717) is 11.3 Å². The molecule has 17 heavy (non-hydrogen) atoms. The molecular weight excluding hydrogens is 212 g/mol. The molecular formula is C14H12N2O. The molecule has 84 valence electrons. The summed E-state index contributed by atoms with van der Waals surface area (Å²) in [6, 6.07) is 14.3. The van der Waals surface area contributed by atoms with Crippen LogP contribution < -0.4 is 0 Å². The molecule has 0 radical (unpaired) electrons.